The molecular formula is C22H23N3OS. The first-order chi connectivity index (χ1) is 13.1. The molecule has 0 bridgehead atoms. The van der Waals surface area contributed by atoms with Crippen molar-refractivity contribution in [1.29, 1.82) is 0 Å². The molecule has 1 N–H and O–H groups in total. The van der Waals surface area contributed by atoms with Crippen molar-refractivity contribution in [3.05, 3.63) is 77.6 Å². The van der Waals surface area contributed by atoms with E-state index in [9.17, 15) is 4.79 Å². The molecule has 1 amide bonds. The Morgan fingerprint density at radius 2 is 1.85 bits per heavy atom. The Morgan fingerprint density at radius 3 is 2.52 bits per heavy atom. The molecule has 1 saturated carbocycles. The number of nitrogens with zero attached hydrogens (tertiary/aromatic N) is 2. The Morgan fingerprint density at radius 1 is 1.15 bits per heavy atom. The molecule has 1 heterocycles. The number of aryl methyl sites for hydroxylation is 2. The Hall–Kier alpha value is -2.53. The molecule has 0 radical (unpaired) electrons. The molecule has 1 aromatic heterocycles. The van der Waals surface area contributed by atoms with Gasteiger partial charge in [-0.25, -0.2) is 4.98 Å². The number of carbonyl (C=O) groups is 1. The zero-order chi connectivity index (χ0) is 18.8. The first-order valence-corrected chi connectivity index (χ1v) is 10.1. The Bertz CT molecular complexity index is 927. The van der Waals surface area contributed by atoms with Gasteiger partial charge in [0.25, 0.3) is 0 Å². The summed E-state index contributed by atoms with van der Waals surface area (Å²) in [6, 6.07) is 16.6. The standard InChI is InChI=1S/C22H23N3OS/c1-15-12-16(2)14-18(13-15)24-21(26)20(17-6-4-3-5-7-17)27-22-23-10-11-25(22)19-8-9-19/h3-7,10-14,19-20H,8-9H2,1-2H3,(H,24,26). The smallest absolute Gasteiger partial charge is 0.242 e. The minimum Gasteiger partial charge on any atom is -0.325 e. The molecule has 2 aromatic carbocycles. The van der Waals surface area contributed by atoms with Crippen LogP contribution in [0.5, 0.6) is 0 Å². The highest BCUT2D eigenvalue weighted by atomic mass is 32.2. The van der Waals surface area contributed by atoms with E-state index in [1.807, 2.05) is 68.7 Å². The highest BCUT2D eigenvalue weighted by Crippen LogP contribution is 2.41. The molecule has 0 aliphatic heterocycles. The summed E-state index contributed by atoms with van der Waals surface area (Å²) in [7, 11) is 0. The van der Waals surface area contributed by atoms with Gasteiger partial charge in [-0.05, 0) is 55.5 Å². The van der Waals surface area contributed by atoms with Crippen LogP contribution in [-0.2, 0) is 4.79 Å². The van der Waals surface area contributed by atoms with E-state index in [1.165, 1.54) is 24.6 Å². The molecule has 1 unspecified atom stereocenters. The van der Waals surface area contributed by atoms with E-state index in [4.69, 9.17) is 0 Å². The van der Waals surface area contributed by atoms with Gasteiger partial charge in [0.1, 0.15) is 5.25 Å². The third-order valence-corrected chi connectivity index (χ3v) is 5.88. The van der Waals surface area contributed by atoms with Gasteiger partial charge >= 0.3 is 0 Å². The number of aromatic nitrogens is 2. The number of rotatable bonds is 6. The number of nitrogens with one attached hydrogen (secondary N) is 1. The van der Waals surface area contributed by atoms with Crippen molar-refractivity contribution < 1.29 is 4.79 Å². The number of hydrogen-bond donors (Lipinski definition) is 1. The van der Waals surface area contributed by atoms with Crippen molar-refractivity contribution in [1.82, 2.24) is 9.55 Å². The monoisotopic (exact) mass is 377 g/mol. The first-order valence-electron chi connectivity index (χ1n) is 9.24. The Kier molecular flexibility index (Phi) is 5.03. The third kappa shape index (κ3) is 4.25. The maximum atomic E-state index is 13.2. The second-order valence-electron chi connectivity index (χ2n) is 7.12. The van der Waals surface area contributed by atoms with Crippen LogP contribution in [0.25, 0.3) is 0 Å². The number of benzene rings is 2. The summed E-state index contributed by atoms with van der Waals surface area (Å²) in [6.45, 7) is 4.08. The van der Waals surface area contributed by atoms with Gasteiger partial charge in [0, 0.05) is 24.1 Å². The van der Waals surface area contributed by atoms with Gasteiger partial charge in [0.15, 0.2) is 5.16 Å². The zero-order valence-electron chi connectivity index (χ0n) is 15.6. The molecule has 0 spiro atoms. The van der Waals surface area contributed by atoms with Crippen molar-refractivity contribution in [2.24, 2.45) is 0 Å². The van der Waals surface area contributed by atoms with E-state index in [0.717, 1.165) is 27.5 Å². The predicted molar refractivity (Wildman–Crippen MR) is 110 cm³/mol. The molecule has 1 fully saturated rings. The number of thioether (sulfide) groups is 1. The van der Waals surface area contributed by atoms with Gasteiger partial charge in [-0.1, -0.05) is 48.2 Å². The van der Waals surface area contributed by atoms with Gasteiger partial charge in [0.05, 0.1) is 0 Å². The largest absolute Gasteiger partial charge is 0.325 e. The summed E-state index contributed by atoms with van der Waals surface area (Å²) in [5.41, 5.74) is 4.09. The molecule has 4 rings (SSSR count). The van der Waals surface area contributed by atoms with Crippen molar-refractivity contribution in [3.8, 4) is 0 Å². The number of carbonyl (C=O) groups excluding carboxylic acids is 1. The molecule has 27 heavy (non-hydrogen) atoms. The zero-order valence-corrected chi connectivity index (χ0v) is 16.4. The molecule has 1 aliphatic carbocycles. The SMILES string of the molecule is Cc1cc(C)cc(NC(=O)C(Sc2nccn2C2CC2)c2ccccc2)c1. The minimum atomic E-state index is -0.355. The van der Waals surface area contributed by atoms with E-state index in [-0.39, 0.29) is 11.2 Å². The summed E-state index contributed by atoms with van der Waals surface area (Å²) < 4.78 is 2.20. The van der Waals surface area contributed by atoms with Crippen LogP contribution in [0.15, 0.2) is 66.1 Å². The lowest BCUT2D eigenvalue weighted by molar-refractivity contribution is -0.115. The van der Waals surface area contributed by atoms with Crippen LogP contribution >= 0.6 is 11.8 Å². The lowest BCUT2D eigenvalue weighted by atomic mass is 10.1. The van der Waals surface area contributed by atoms with Gasteiger partial charge in [-0.15, -0.1) is 0 Å². The molecular weight excluding hydrogens is 354 g/mol. The van der Waals surface area contributed by atoms with Crippen molar-refractivity contribution >= 4 is 23.4 Å². The summed E-state index contributed by atoms with van der Waals surface area (Å²) in [5, 5.41) is 3.65. The van der Waals surface area contributed by atoms with Gasteiger partial charge < -0.3 is 9.88 Å². The maximum Gasteiger partial charge on any atom is 0.242 e. The molecule has 0 saturated heterocycles. The van der Waals surface area contributed by atoms with Crippen LogP contribution in [-0.4, -0.2) is 15.5 Å². The van der Waals surface area contributed by atoms with Gasteiger partial charge in [-0.3, -0.25) is 4.79 Å². The summed E-state index contributed by atoms with van der Waals surface area (Å²) >= 11 is 1.52. The van der Waals surface area contributed by atoms with E-state index >= 15 is 0 Å². The van der Waals surface area contributed by atoms with Crippen LogP contribution in [0.4, 0.5) is 5.69 Å². The highest BCUT2D eigenvalue weighted by molar-refractivity contribution is 8.00. The number of imidazole rings is 1. The molecule has 4 nitrogen and oxygen atoms in total. The van der Waals surface area contributed by atoms with E-state index in [1.54, 1.807) is 0 Å². The van der Waals surface area contributed by atoms with E-state index in [2.05, 4.69) is 20.9 Å². The quantitative estimate of drug-likeness (QED) is 0.592. The Labute approximate surface area is 164 Å². The third-order valence-electron chi connectivity index (χ3n) is 4.63. The van der Waals surface area contributed by atoms with Crippen molar-refractivity contribution in [3.63, 3.8) is 0 Å². The highest BCUT2D eigenvalue weighted by Gasteiger charge is 2.29. The normalized spacial score (nSPS) is 14.7. The number of amides is 1. The van der Waals surface area contributed by atoms with Crippen LogP contribution in [0.1, 0.15) is 40.8 Å². The number of anilines is 1. The van der Waals surface area contributed by atoms with Crippen LogP contribution in [0.2, 0.25) is 0 Å². The van der Waals surface area contributed by atoms with Crippen LogP contribution < -0.4 is 5.32 Å². The maximum absolute atomic E-state index is 13.2. The van der Waals surface area contributed by atoms with Crippen molar-refractivity contribution in [2.75, 3.05) is 5.32 Å². The van der Waals surface area contributed by atoms with E-state index < -0.39 is 0 Å². The second-order valence-corrected chi connectivity index (χ2v) is 8.19. The Balaban J connectivity index is 1.61. The van der Waals surface area contributed by atoms with Crippen LogP contribution in [0.3, 0.4) is 0 Å². The molecule has 1 aliphatic rings. The molecule has 5 heteroatoms. The fourth-order valence-electron chi connectivity index (χ4n) is 3.28. The summed E-state index contributed by atoms with van der Waals surface area (Å²) in [5.74, 6) is -0.0263. The van der Waals surface area contributed by atoms with Gasteiger partial charge in [0.2, 0.25) is 5.91 Å². The molecule has 1 atom stereocenters. The summed E-state index contributed by atoms with van der Waals surface area (Å²) in [6.07, 6.45) is 6.22. The average molecular weight is 378 g/mol. The lowest BCUT2D eigenvalue weighted by Gasteiger charge is -2.18. The van der Waals surface area contributed by atoms with Crippen LogP contribution in [0, 0.1) is 13.8 Å². The van der Waals surface area contributed by atoms with E-state index in [0.29, 0.717) is 6.04 Å². The van der Waals surface area contributed by atoms with Gasteiger partial charge in [-0.2, -0.15) is 0 Å². The predicted octanol–water partition coefficient (Wildman–Crippen LogP) is 5.31. The van der Waals surface area contributed by atoms with Crippen molar-refractivity contribution in [2.45, 2.75) is 43.1 Å². The topological polar surface area (TPSA) is 46.9 Å². The fourth-order valence-corrected chi connectivity index (χ4v) is 4.41. The minimum absolute atomic E-state index is 0.0263. The molecule has 138 valence electrons. The second kappa shape index (κ2) is 7.61. The first kappa shape index (κ1) is 17.9. The molecule has 3 aromatic rings. The fraction of sp³-hybridized carbons (Fsp3) is 0.273. The average Bonchev–Trinajstić information content (AvgIpc) is 3.38. The number of hydrogen-bond acceptors (Lipinski definition) is 3. The lowest BCUT2D eigenvalue weighted by Crippen LogP contribution is -2.19. The summed E-state index contributed by atoms with van der Waals surface area (Å²) in [4.78, 5) is 17.7.